The molecule has 0 aliphatic carbocycles. The van der Waals surface area contributed by atoms with Crippen molar-refractivity contribution in [2.45, 2.75) is 6.54 Å². The minimum atomic E-state index is -1.01. The molecular weight excluding hydrogens is 314 g/mol. The van der Waals surface area contributed by atoms with Crippen molar-refractivity contribution in [2.75, 3.05) is 19.0 Å². The Morgan fingerprint density at radius 2 is 2.25 bits per heavy atom. The van der Waals surface area contributed by atoms with Crippen molar-refractivity contribution in [3.63, 3.8) is 0 Å². The Morgan fingerprint density at radius 3 is 3.00 bits per heavy atom. The number of nitrogens with zero attached hydrogens (tertiary/aromatic N) is 2. The Morgan fingerprint density at radius 1 is 1.42 bits per heavy atom. The number of rotatable bonds is 5. The van der Waals surface area contributed by atoms with E-state index in [1.165, 1.54) is 16.9 Å². The summed E-state index contributed by atoms with van der Waals surface area (Å²) in [5, 5.41) is 15.3. The van der Waals surface area contributed by atoms with Gasteiger partial charge in [0.25, 0.3) is 5.91 Å². The fourth-order valence-electron chi connectivity index (χ4n) is 2.32. The van der Waals surface area contributed by atoms with Crippen LogP contribution in [-0.4, -0.2) is 40.5 Å². The molecular formula is C16H15N3O5. The summed E-state index contributed by atoms with van der Waals surface area (Å²) < 4.78 is 12.1. The van der Waals surface area contributed by atoms with Crippen LogP contribution in [0.2, 0.25) is 0 Å². The highest BCUT2D eigenvalue weighted by atomic mass is 16.5. The number of carboxylic acid groups (broad SMARTS) is 1. The van der Waals surface area contributed by atoms with Gasteiger partial charge >= 0.3 is 5.97 Å². The first-order chi connectivity index (χ1) is 11.6. The molecule has 0 radical (unpaired) electrons. The van der Waals surface area contributed by atoms with Crippen LogP contribution in [0.1, 0.15) is 5.56 Å². The molecule has 0 fully saturated rings. The van der Waals surface area contributed by atoms with E-state index in [1.54, 1.807) is 19.3 Å². The molecule has 2 N–H and O–H groups in total. The van der Waals surface area contributed by atoms with E-state index in [0.717, 1.165) is 5.56 Å². The number of hydrogen-bond donors (Lipinski definition) is 2. The van der Waals surface area contributed by atoms with Crippen LogP contribution in [0.25, 0.3) is 6.08 Å². The fraction of sp³-hybridized carbons (Fsp3) is 0.188. The molecule has 8 heteroatoms. The van der Waals surface area contributed by atoms with Crippen molar-refractivity contribution in [3.05, 3.63) is 41.6 Å². The number of fused-ring (bicyclic) bond motifs is 1. The van der Waals surface area contributed by atoms with Gasteiger partial charge in [0, 0.05) is 17.8 Å². The zero-order chi connectivity index (χ0) is 17.1. The maximum atomic E-state index is 12.3. The van der Waals surface area contributed by atoms with Gasteiger partial charge in [0.1, 0.15) is 13.2 Å². The average molecular weight is 329 g/mol. The molecule has 2 aromatic rings. The number of carboxylic acids is 1. The Hall–Kier alpha value is -3.29. The van der Waals surface area contributed by atoms with E-state index in [-0.39, 0.29) is 24.9 Å². The number of aromatic nitrogens is 2. The monoisotopic (exact) mass is 329 g/mol. The highest BCUT2D eigenvalue weighted by Crippen LogP contribution is 2.35. The third-order valence-electron chi connectivity index (χ3n) is 3.40. The van der Waals surface area contributed by atoms with E-state index in [2.05, 4.69) is 10.4 Å². The number of hydrogen-bond acceptors (Lipinski definition) is 5. The van der Waals surface area contributed by atoms with Crippen LogP contribution < -0.4 is 14.8 Å². The smallest absolute Gasteiger partial charge is 0.325 e. The van der Waals surface area contributed by atoms with Crippen LogP contribution >= 0.6 is 0 Å². The SMILES string of the molecule is COc1cccc2c1OCC(C(=O)Nc1ccn(CC(=O)O)n1)=C2. The van der Waals surface area contributed by atoms with Gasteiger partial charge in [-0.05, 0) is 12.1 Å². The maximum absolute atomic E-state index is 12.3. The lowest BCUT2D eigenvalue weighted by Gasteiger charge is -2.19. The van der Waals surface area contributed by atoms with Crippen molar-refractivity contribution < 1.29 is 24.2 Å². The Kier molecular flexibility index (Phi) is 4.19. The molecule has 2 heterocycles. The molecule has 0 saturated heterocycles. The molecule has 3 rings (SSSR count). The lowest BCUT2D eigenvalue weighted by Crippen LogP contribution is -2.22. The van der Waals surface area contributed by atoms with Gasteiger partial charge in [-0.3, -0.25) is 14.3 Å². The summed E-state index contributed by atoms with van der Waals surface area (Å²) in [4.78, 5) is 22.9. The number of nitrogens with one attached hydrogen (secondary N) is 1. The highest BCUT2D eigenvalue weighted by molar-refractivity contribution is 6.07. The summed E-state index contributed by atoms with van der Waals surface area (Å²) in [6.07, 6.45) is 3.21. The van der Waals surface area contributed by atoms with E-state index >= 15 is 0 Å². The average Bonchev–Trinajstić information content (AvgIpc) is 2.99. The lowest BCUT2D eigenvalue weighted by molar-refractivity contribution is -0.137. The molecule has 1 amide bonds. The molecule has 0 bridgehead atoms. The zero-order valence-electron chi connectivity index (χ0n) is 12.9. The van der Waals surface area contributed by atoms with Gasteiger partial charge in [0.2, 0.25) is 0 Å². The van der Waals surface area contributed by atoms with Crippen LogP contribution in [0.4, 0.5) is 5.82 Å². The number of anilines is 1. The molecule has 1 aromatic heterocycles. The Balaban J connectivity index is 1.75. The summed E-state index contributed by atoms with van der Waals surface area (Å²) in [6.45, 7) is -0.163. The summed E-state index contributed by atoms with van der Waals surface area (Å²) in [6, 6.07) is 6.95. The number of para-hydroxylation sites is 1. The lowest BCUT2D eigenvalue weighted by atomic mass is 10.1. The highest BCUT2D eigenvalue weighted by Gasteiger charge is 2.20. The third-order valence-corrected chi connectivity index (χ3v) is 3.40. The number of carbonyl (C=O) groups is 2. The van der Waals surface area contributed by atoms with Crippen LogP contribution in [0.15, 0.2) is 36.0 Å². The molecule has 1 aromatic carbocycles. The normalized spacial score (nSPS) is 12.6. The predicted octanol–water partition coefficient (Wildman–Crippen LogP) is 1.39. The number of methoxy groups -OCH3 is 1. The predicted molar refractivity (Wildman–Crippen MR) is 85.0 cm³/mol. The minimum Gasteiger partial charge on any atom is -0.493 e. The fourth-order valence-corrected chi connectivity index (χ4v) is 2.32. The Bertz CT molecular complexity index is 825. The van der Waals surface area contributed by atoms with E-state index in [4.69, 9.17) is 14.6 Å². The van der Waals surface area contributed by atoms with Crippen LogP contribution in [-0.2, 0) is 16.1 Å². The first kappa shape index (κ1) is 15.6. The topological polar surface area (TPSA) is 103 Å². The van der Waals surface area contributed by atoms with Gasteiger partial charge in [-0.25, -0.2) is 0 Å². The largest absolute Gasteiger partial charge is 0.493 e. The molecule has 0 spiro atoms. The van der Waals surface area contributed by atoms with Crippen LogP contribution in [0.3, 0.4) is 0 Å². The van der Waals surface area contributed by atoms with Gasteiger partial charge < -0.3 is 19.9 Å². The number of benzene rings is 1. The van der Waals surface area contributed by atoms with Gasteiger partial charge in [0.15, 0.2) is 17.3 Å². The van der Waals surface area contributed by atoms with Crippen molar-refractivity contribution in [1.82, 2.24) is 9.78 Å². The van der Waals surface area contributed by atoms with E-state index in [9.17, 15) is 9.59 Å². The van der Waals surface area contributed by atoms with Crippen LogP contribution in [0.5, 0.6) is 11.5 Å². The number of ether oxygens (including phenoxy) is 2. The second kappa shape index (κ2) is 6.45. The summed E-state index contributed by atoms with van der Waals surface area (Å²) in [5.74, 6) is 0.116. The molecule has 1 aliphatic heterocycles. The van der Waals surface area contributed by atoms with E-state index < -0.39 is 5.97 Å². The summed E-state index contributed by atoms with van der Waals surface area (Å²) in [5.41, 5.74) is 1.19. The molecule has 0 atom stereocenters. The van der Waals surface area contributed by atoms with E-state index in [1.807, 2.05) is 12.1 Å². The summed E-state index contributed by atoms with van der Waals surface area (Å²) >= 11 is 0. The van der Waals surface area contributed by atoms with Crippen molar-refractivity contribution in [1.29, 1.82) is 0 Å². The molecule has 0 saturated carbocycles. The molecule has 8 nitrogen and oxygen atoms in total. The standard InChI is InChI=1S/C16H15N3O5/c1-23-12-4-2-3-10-7-11(9-24-15(10)12)16(22)17-13-5-6-19(18-13)8-14(20)21/h2-7H,8-9H2,1H3,(H,20,21)(H,17,18,22). The second-order valence-electron chi connectivity index (χ2n) is 5.08. The zero-order valence-corrected chi connectivity index (χ0v) is 12.9. The maximum Gasteiger partial charge on any atom is 0.325 e. The first-order valence-corrected chi connectivity index (χ1v) is 7.14. The van der Waals surface area contributed by atoms with Gasteiger partial charge in [-0.1, -0.05) is 12.1 Å². The van der Waals surface area contributed by atoms with E-state index in [0.29, 0.717) is 17.1 Å². The Labute approximate surface area is 137 Å². The van der Waals surface area contributed by atoms with Gasteiger partial charge in [-0.2, -0.15) is 5.10 Å². The first-order valence-electron chi connectivity index (χ1n) is 7.14. The van der Waals surface area contributed by atoms with Crippen molar-refractivity contribution in [3.8, 4) is 11.5 Å². The molecule has 0 unspecified atom stereocenters. The van der Waals surface area contributed by atoms with Gasteiger partial charge in [-0.15, -0.1) is 0 Å². The van der Waals surface area contributed by atoms with Crippen LogP contribution in [0, 0.1) is 0 Å². The number of carbonyl (C=O) groups excluding carboxylic acids is 1. The quantitative estimate of drug-likeness (QED) is 0.859. The second-order valence-corrected chi connectivity index (χ2v) is 5.08. The number of aliphatic carboxylic acids is 1. The molecule has 24 heavy (non-hydrogen) atoms. The molecule has 1 aliphatic rings. The molecule has 124 valence electrons. The number of amides is 1. The summed E-state index contributed by atoms with van der Waals surface area (Å²) in [7, 11) is 1.55. The van der Waals surface area contributed by atoms with Gasteiger partial charge in [0.05, 0.1) is 12.7 Å². The van der Waals surface area contributed by atoms with Crippen molar-refractivity contribution in [2.24, 2.45) is 0 Å². The third kappa shape index (κ3) is 3.22. The minimum absolute atomic E-state index is 0.106. The van der Waals surface area contributed by atoms with Crippen molar-refractivity contribution >= 4 is 23.8 Å².